The number of nitriles is 1. The van der Waals surface area contributed by atoms with Crippen LogP contribution in [0.5, 0.6) is 0 Å². The molecular weight excluding hydrogens is 417 g/mol. The number of anilines is 1. The molecule has 1 aliphatic heterocycles. The molecule has 2 aromatic rings. The molecule has 172 valence electrons. The fourth-order valence-electron chi connectivity index (χ4n) is 4.75. The van der Waals surface area contributed by atoms with E-state index in [1.807, 2.05) is 6.07 Å². The van der Waals surface area contributed by atoms with Gasteiger partial charge in [0.05, 0.1) is 17.9 Å². The van der Waals surface area contributed by atoms with Crippen molar-refractivity contribution in [2.45, 2.75) is 78.3 Å². The van der Waals surface area contributed by atoms with Gasteiger partial charge in [0.1, 0.15) is 11.6 Å². The number of benzene rings is 1. The van der Waals surface area contributed by atoms with Crippen molar-refractivity contribution in [3.8, 4) is 6.07 Å². The molecule has 3 rings (SSSR count). The van der Waals surface area contributed by atoms with Gasteiger partial charge in [-0.2, -0.15) is 10.4 Å². The molecule has 0 amide bonds. The van der Waals surface area contributed by atoms with Crippen LogP contribution in [-0.4, -0.2) is 28.4 Å². The van der Waals surface area contributed by atoms with E-state index in [0.29, 0.717) is 30.4 Å². The number of nitrogens with zero attached hydrogens (tertiary/aromatic N) is 6. The molecular formula is C24H36N7P. The average Bonchev–Trinajstić information content (AvgIpc) is 3.08. The molecule has 2 heterocycles. The van der Waals surface area contributed by atoms with Crippen molar-refractivity contribution in [2.75, 3.05) is 18.0 Å². The monoisotopic (exact) mass is 453 g/mol. The zero-order chi connectivity index (χ0) is 23.7. The highest BCUT2D eigenvalue weighted by molar-refractivity contribution is 7.13. The van der Waals surface area contributed by atoms with E-state index in [-0.39, 0.29) is 11.0 Å². The van der Waals surface area contributed by atoms with Crippen molar-refractivity contribution in [3.63, 3.8) is 0 Å². The lowest BCUT2D eigenvalue weighted by Crippen LogP contribution is -2.48. The van der Waals surface area contributed by atoms with Gasteiger partial charge in [0, 0.05) is 29.7 Å². The lowest BCUT2D eigenvalue weighted by Gasteiger charge is -2.47. The Hall–Kier alpha value is -2.29. The van der Waals surface area contributed by atoms with E-state index in [1.54, 1.807) is 4.68 Å². The number of fused-ring (bicyclic) bond motifs is 1. The summed E-state index contributed by atoms with van der Waals surface area (Å²) >= 11 is 0. The summed E-state index contributed by atoms with van der Waals surface area (Å²) in [5.41, 5.74) is 4.50. The number of azo groups is 1. The Labute approximate surface area is 194 Å². The van der Waals surface area contributed by atoms with Crippen LogP contribution in [0.1, 0.15) is 77.6 Å². The van der Waals surface area contributed by atoms with Crippen molar-refractivity contribution in [1.82, 2.24) is 14.9 Å². The fraction of sp³-hybridized carbons (Fsp3) is 0.583. The Balaban J connectivity index is 2.02. The van der Waals surface area contributed by atoms with Gasteiger partial charge in [0.2, 0.25) is 0 Å². The molecule has 1 N–H and O–H groups in total. The van der Waals surface area contributed by atoms with E-state index >= 15 is 0 Å². The number of hydrogen-bond donors (Lipinski definition) is 1. The van der Waals surface area contributed by atoms with Crippen molar-refractivity contribution < 1.29 is 0 Å². The third kappa shape index (κ3) is 4.72. The summed E-state index contributed by atoms with van der Waals surface area (Å²) in [6.07, 6.45) is 1.09. The highest BCUT2D eigenvalue weighted by Gasteiger charge is 2.35. The smallest absolute Gasteiger partial charge is 0.191 e. The summed E-state index contributed by atoms with van der Waals surface area (Å²) in [5.74, 6) is 0.957. The second-order valence-corrected chi connectivity index (χ2v) is 10.6. The van der Waals surface area contributed by atoms with Gasteiger partial charge in [-0.15, -0.1) is 10.2 Å². The fourth-order valence-corrected chi connectivity index (χ4v) is 4.88. The Morgan fingerprint density at radius 3 is 2.62 bits per heavy atom. The molecule has 32 heavy (non-hydrogen) atoms. The third-order valence-corrected chi connectivity index (χ3v) is 6.45. The average molecular weight is 454 g/mol. The Bertz CT molecular complexity index is 1040. The second-order valence-electron chi connectivity index (χ2n) is 10.2. The molecule has 1 aromatic carbocycles. The minimum atomic E-state index is -0.257. The van der Waals surface area contributed by atoms with E-state index < -0.39 is 0 Å². The molecule has 2 atom stereocenters. The molecule has 0 fully saturated rings. The molecule has 0 saturated heterocycles. The van der Waals surface area contributed by atoms with Crippen molar-refractivity contribution in [2.24, 2.45) is 10.2 Å². The van der Waals surface area contributed by atoms with Gasteiger partial charge in [0.25, 0.3) is 0 Å². The minimum Gasteiger partial charge on any atom is -0.366 e. The summed E-state index contributed by atoms with van der Waals surface area (Å²) in [6, 6.07) is 8.63. The van der Waals surface area contributed by atoms with Gasteiger partial charge in [-0.05, 0) is 56.9 Å². The Morgan fingerprint density at radius 1 is 1.31 bits per heavy atom. The molecule has 7 nitrogen and oxygen atoms in total. The second kappa shape index (κ2) is 9.29. The molecule has 0 spiro atoms. The normalized spacial score (nSPS) is 18.1. The maximum atomic E-state index is 9.87. The largest absolute Gasteiger partial charge is 0.366 e. The third-order valence-electron chi connectivity index (χ3n) is 6.16. The molecule has 0 saturated carbocycles. The summed E-state index contributed by atoms with van der Waals surface area (Å²) in [4.78, 5) is 2.47. The highest BCUT2D eigenvalue weighted by Crippen LogP contribution is 2.44. The van der Waals surface area contributed by atoms with Crippen molar-refractivity contribution in [1.29, 1.82) is 5.26 Å². The highest BCUT2D eigenvalue weighted by atomic mass is 31.0. The molecule has 0 radical (unpaired) electrons. The van der Waals surface area contributed by atoms with Crippen molar-refractivity contribution >= 4 is 26.6 Å². The van der Waals surface area contributed by atoms with Crippen LogP contribution in [0.25, 0.3) is 0 Å². The first-order chi connectivity index (χ1) is 15.0. The SMILES string of the molecule is CCN1c2ccc(/N=N/c3c(C#N)c(C(C)(C)C)nn3CCNP)cc2C(C)CC1(C)C. The Morgan fingerprint density at radius 2 is 2.03 bits per heavy atom. The van der Waals surface area contributed by atoms with Crippen LogP contribution in [-0.2, 0) is 12.0 Å². The number of aromatic nitrogens is 2. The quantitative estimate of drug-likeness (QED) is 0.432. The van der Waals surface area contributed by atoms with Crippen LogP contribution >= 0.6 is 9.39 Å². The summed E-state index contributed by atoms with van der Waals surface area (Å²) in [5, 5.41) is 26.7. The van der Waals surface area contributed by atoms with Gasteiger partial charge in [0.15, 0.2) is 5.82 Å². The van der Waals surface area contributed by atoms with Gasteiger partial charge in [-0.25, -0.2) is 4.68 Å². The lowest BCUT2D eigenvalue weighted by atomic mass is 9.80. The van der Waals surface area contributed by atoms with Gasteiger partial charge in [-0.3, -0.25) is 5.09 Å². The zero-order valence-corrected chi connectivity index (χ0v) is 21.6. The molecule has 0 bridgehead atoms. The Kier molecular flexibility index (Phi) is 7.07. The minimum absolute atomic E-state index is 0.132. The first-order valence-corrected chi connectivity index (χ1v) is 11.9. The van der Waals surface area contributed by atoms with Gasteiger partial charge >= 0.3 is 0 Å². The summed E-state index contributed by atoms with van der Waals surface area (Å²) in [6.45, 7) is 17.5. The number of nitrogens with one attached hydrogen (secondary N) is 1. The first kappa shape index (κ1) is 24.4. The maximum absolute atomic E-state index is 9.87. The molecule has 2 unspecified atom stereocenters. The van der Waals surface area contributed by atoms with Crippen LogP contribution in [0, 0.1) is 11.3 Å². The van der Waals surface area contributed by atoms with Crippen molar-refractivity contribution in [3.05, 3.63) is 35.0 Å². The number of hydrogen-bond acceptors (Lipinski definition) is 6. The summed E-state index contributed by atoms with van der Waals surface area (Å²) < 4.78 is 1.78. The van der Waals surface area contributed by atoms with Crippen LogP contribution in [0.2, 0.25) is 0 Å². The molecule has 0 aliphatic carbocycles. The molecule has 1 aliphatic rings. The van der Waals surface area contributed by atoms with Crippen LogP contribution in [0.4, 0.5) is 17.2 Å². The maximum Gasteiger partial charge on any atom is 0.191 e. The number of rotatable bonds is 6. The van der Waals surface area contributed by atoms with E-state index in [1.165, 1.54) is 11.3 Å². The van der Waals surface area contributed by atoms with E-state index in [0.717, 1.165) is 24.3 Å². The van der Waals surface area contributed by atoms with Crippen LogP contribution in [0.15, 0.2) is 28.4 Å². The van der Waals surface area contributed by atoms with Crippen LogP contribution in [0.3, 0.4) is 0 Å². The van der Waals surface area contributed by atoms with Gasteiger partial charge < -0.3 is 4.90 Å². The zero-order valence-electron chi connectivity index (χ0n) is 20.4. The van der Waals surface area contributed by atoms with E-state index in [4.69, 9.17) is 5.10 Å². The van der Waals surface area contributed by atoms with E-state index in [2.05, 4.69) is 96.3 Å². The first-order valence-electron chi connectivity index (χ1n) is 11.3. The topological polar surface area (TPSA) is 81.6 Å². The van der Waals surface area contributed by atoms with Gasteiger partial charge in [-0.1, -0.05) is 37.1 Å². The standard InChI is InChI=1S/C24H36N7P/c1-8-30-20-10-9-17(13-18(20)16(2)14-24(30,6)7)27-28-22-19(15-25)21(23(3,4)5)29-31(22)12-11-26-32/h9-10,13,16,26H,8,11-12,14,32H2,1-7H3/b28-27+. The predicted molar refractivity (Wildman–Crippen MR) is 134 cm³/mol. The predicted octanol–water partition coefficient (Wildman–Crippen LogP) is 5.96. The molecule has 8 heteroatoms. The molecule has 1 aromatic heterocycles. The van der Waals surface area contributed by atoms with E-state index in [9.17, 15) is 5.26 Å². The van der Waals surface area contributed by atoms with Crippen LogP contribution < -0.4 is 9.99 Å². The lowest BCUT2D eigenvalue weighted by molar-refractivity contribution is 0.381. The summed E-state index contributed by atoms with van der Waals surface area (Å²) in [7, 11) is 2.49.